The van der Waals surface area contributed by atoms with Crippen LogP contribution in [0.1, 0.15) is 31.2 Å². The molecule has 0 aliphatic heterocycles. The van der Waals surface area contributed by atoms with Crippen LogP contribution in [0.15, 0.2) is 47.9 Å². The molecule has 1 amide bonds. The molecule has 2 rings (SSSR count). The second-order valence-corrected chi connectivity index (χ2v) is 6.61. The summed E-state index contributed by atoms with van der Waals surface area (Å²) in [5.41, 5.74) is 2.01. The molecule has 20 heavy (non-hydrogen) atoms. The van der Waals surface area contributed by atoms with E-state index in [0.717, 1.165) is 16.1 Å². The normalized spacial score (nSPS) is 11.8. The highest BCUT2D eigenvalue weighted by molar-refractivity contribution is 7.10. The van der Waals surface area contributed by atoms with Gasteiger partial charge in [-0.05, 0) is 34.6 Å². The predicted molar refractivity (Wildman–Crippen MR) is 87.1 cm³/mol. The second-order valence-electron chi connectivity index (χ2n) is 5.63. The van der Waals surface area contributed by atoms with Crippen molar-refractivity contribution in [1.82, 2.24) is 0 Å². The van der Waals surface area contributed by atoms with E-state index in [0.29, 0.717) is 0 Å². The first-order chi connectivity index (χ1) is 9.47. The molecule has 3 heteroatoms. The zero-order chi connectivity index (χ0) is 14.6. The van der Waals surface area contributed by atoms with Crippen LogP contribution in [-0.2, 0) is 10.2 Å². The van der Waals surface area contributed by atoms with Gasteiger partial charge in [0.05, 0.1) is 0 Å². The maximum absolute atomic E-state index is 12.0. The van der Waals surface area contributed by atoms with Crippen LogP contribution in [0.4, 0.5) is 5.69 Å². The van der Waals surface area contributed by atoms with E-state index in [9.17, 15) is 4.79 Å². The molecule has 1 heterocycles. The van der Waals surface area contributed by atoms with Crippen molar-refractivity contribution >= 4 is 29.0 Å². The largest absolute Gasteiger partial charge is 0.322 e. The highest BCUT2D eigenvalue weighted by atomic mass is 32.1. The van der Waals surface area contributed by atoms with Crippen LogP contribution < -0.4 is 5.32 Å². The molecule has 0 aliphatic rings. The molecule has 0 spiro atoms. The minimum absolute atomic E-state index is 0.00133. The van der Waals surface area contributed by atoms with Gasteiger partial charge < -0.3 is 5.32 Å². The highest BCUT2D eigenvalue weighted by Gasteiger charge is 2.17. The SMILES string of the molecule is CC(C)(C)c1ccccc1NC(=O)/C=C/c1cccs1. The van der Waals surface area contributed by atoms with Crippen molar-refractivity contribution < 1.29 is 4.79 Å². The van der Waals surface area contributed by atoms with Crippen LogP contribution in [0.25, 0.3) is 6.08 Å². The molecule has 0 bridgehead atoms. The summed E-state index contributed by atoms with van der Waals surface area (Å²) in [5, 5.41) is 4.95. The van der Waals surface area contributed by atoms with E-state index >= 15 is 0 Å². The molecule has 0 fully saturated rings. The van der Waals surface area contributed by atoms with Gasteiger partial charge >= 0.3 is 0 Å². The number of rotatable bonds is 3. The van der Waals surface area contributed by atoms with Gasteiger partial charge in [-0.3, -0.25) is 4.79 Å². The van der Waals surface area contributed by atoms with Crippen molar-refractivity contribution in [2.75, 3.05) is 5.32 Å². The van der Waals surface area contributed by atoms with Gasteiger partial charge in [-0.15, -0.1) is 11.3 Å². The van der Waals surface area contributed by atoms with Gasteiger partial charge in [0.1, 0.15) is 0 Å². The van der Waals surface area contributed by atoms with Crippen molar-refractivity contribution in [3.8, 4) is 0 Å². The van der Waals surface area contributed by atoms with Gasteiger partial charge in [-0.2, -0.15) is 0 Å². The third-order valence-corrected chi connectivity index (χ3v) is 3.77. The zero-order valence-corrected chi connectivity index (χ0v) is 12.8. The summed E-state index contributed by atoms with van der Waals surface area (Å²) >= 11 is 1.61. The molecular weight excluding hydrogens is 266 g/mol. The summed E-state index contributed by atoms with van der Waals surface area (Å²) in [6.07, 6.45) is 3.41. The van der Waals surface area contributed by atoms with E-state index < -0.39 is 0 Å². The third kappa shape index (κ3) is 3.81. The van der Waals surface area contributed by atoms with Crippen LogP contribution in [0.3, 0.4) is 0 Å². The summed E-state index contributed by atoms with van der Waals surface area (Å²) in [5.74, 6) is -0.102. The van der Waals surface area contributed by atoms with E-state index in [1.807, 2.05) is 41.8 Å². The van der Waals surface area contributed by atoms with Crippen LogP contribution in [0, 0.1) is 0 Å². The van der Waals surface area contributed by atoms with Crippen molar-refractivity contribution in [1.29, 1.82) is 0 Å². The lowest BCUT2D eigenvalue weighted by molar-refractivity contribution is -0.111. The number of hydrogen-bond donors (Lipinski definition) is 1. The number of nitrogens with one attached hydrogen (secondary N) is 1. The Bertz CT molecular complexity index is 606. The van der Waals surface area contributed by atoms with Crippen LogP contribution in [0.2, 0.25) is 0 Å². The molecule has 0 unspecified atom stereocenters. The Hall–Kier alpha value is -1.87. The first kappa shape index (κ1) is 14.5. The van der Waals surface area contributed by atoms with Gasteiger partial charge in [0.2, 0.25) is 5.91 Å². The van der Waals surface area contributed by atoms with Crippen molar-refractivity contribution in [3.63, 3.8) is 0 Å². The number of para-hydroxylation sites is 1. The Morgan fingerprint density at radius 3 is 2.55 bits per heavy atom. The molecule has 1 aromatic heterocycles. The molecule has 104 valence electrons. The molecular formula is C17H19NOS. The van der Waals surface area contributed by atoms with Gasteiger partial charge in [0.25, 0.3) is 0 Å². The lowest BCUT2D eigenvalue weighted by atomic mass is 9.86. The molecule has 0 atom stereocenters. The Morgan fingerprint density at radius 2 is 1.90 bits per heavy atom. The maximum Gasteiger partial charge on any atom is 0.248 e. The van der Waals surface area contributed by atoms with Gasteiger partial charge in [-0.1, -0.05) is 45.0 Å². The Balaban J connectivity index is 2.12. The lowest BCUT2D eigenvalue weighted by Gasteiger charge is -2.22. The molecule has 2 aromatic rings. The van der Waals surface area contributed by atoms with E-state index in [4.69, 9.17) is 0 Å². The molecule has 1 N–H and O–H groups in total. The number of hydrogen-bond acceptors (Lipinski definition) is 2. The molecule has 0 aliphatic carbocycles. The summed E-state index contributed by atoms with van der Waals surface area (Å²) < 4.78 is 0. The number of thiophene rings is 1. The fourth-order valence-electron chi connectivity index (χ4n) is 1.96. The number of carbonyl (C=O) groups excluding carboxylic acids is 1. The third-order valence-electron chi connectivity index (χ3n) is 2.94. The molecule has 0 saturated carbocycles. The molecule has 2 nitrogen and oxygen atoms in total. The number of amides is 1. The molecule has 1 aromatic carbocycles. The average Bonchev–Trinajstić information content (AvgIpc) is 2.89. The summed E-state index contributed by atoms with van der Waals surface area (Å²) in [6, 6.07) is 11.9. The van der Waals surface area contributed by atoms with E-state index in [1.165, 1.54) is 0 Å². The van der Waals surface area contributed by atoms with Crippen molar-refractivity contribution in [2.24, 2.45) is 0 Å². The summed E-state index contributed by atoms with van der Waals surface area (Å²) in [6.45, 7) is 6.42. The minimum atomic E-state index is -0.102. The predicted octanol–water partition coefficient (Wildman–Crippen LogP) is 4.70. The second kappa shape index (κ2) is 6.06. The minimum Gasteiger partial charge on any atom is -0.322 e. The monoisotopic (exact) mass is 285 g/mol. The van der Waals surface area contributed by atoms with Crippen LogP contribution >= 0.6 is 11.3 Å². The highest BCUT2D eigenvalue weighted by Crippen LogP contribution is 2.29. The van der Waals surface area contributed by atoms with Gasteiger partial charge in [0.15, 0.2) is 0 Å². The maximum atomic E-state index is 12.0. The molecule has 0 saturated heterocycles. The fraction of sp³-hybridized carbons (Fsp3) is 0.235. The fourth-order valence-corrected chi connectivity index (χ4v) is 2.58. The van der Waals surface area contributed by atoms with Crippen LogP contribution in [-0.4, -0.2) is 5.91 Å². The van der Waals surface area contributed by atoms with Crippen molar-refractivity contribution in [3.05, 3.63) is 58.3 Å². The number of anilines is 1. The summed E-state index contributed by atoms with van der Waals surface area (Å²) in [7, 11) is 0. The Kier molecular flexibility index (Phi) is 4.40. The topological polar surface area (TPSA) is 29.1 Å². The number of benzene rings is 1. The molecule has 0 radical (unpaired) electrons. The van der Waals surface area contributed by atoms with Crippen molar-refractivity contribution in [2.45, 2.75) is 26.2 Å². The summed E-state index contributed by atoms with van der Waals surface area (Å²) in [4.78, 5) is 13.1. The zero-order valence-electron chi connectivity index (χ0n) is 12.0. The number of carbonyl (C=O) groups is 1. The first-order valence-corrected chi connectivity index (χ1v) is 7.47. The van der Waals surface area contributed by atoms with Crippen LogP contribution in [0.5, 0.6) is 0 Å². The van der Waals surface area contributed by atoms with E-state index in [2.05, 4.69) is 32.2 Å². The lowest BCUT2D eigenvalue weighted by Crippen LogP contribution is -2.17. The average molecular weight is 285 g/mol. The van der Waals surface area contributed by atoms with E-state index in [1.54, 1.807) is 17.4 Å². The van der Waals surface area contributed by atoms with E-state index in [-0.39, 0.29) is 11.3 Å². The van der Waals surface area contributed by atoms with Gasteiger partial charge in [0, 0.05) is 16.6 Å². The quantitative estimate of drug-likeness (QED) is 0.814. The van der Waals surface area contributed by atoms with Gasteiger partial charge in [-0.25, -0.2) is 0 Å². The standard InChI is InChI=1S/C17H19NOS/c1-17(2,3)14-8-4-5-9-15(14)18-16(19)11-10-13-7-6-12-20-13/h4-12H,1-3H3,(H,18,19)/b11-10+. The smallest absolute Gasteiger partial charge is 0.248 e. The Labute approximate surface area is 124 Å². The first-order valence-electron chi connectivity index (χ1n) is 6.59. The Morgan fingerprint density at radius 1 is 1.15 bits per heavy atom.